The van der Waals surface area contributed by atoms with Crippen LogP contribution in [0.2, 0.25) is 13.3 Å². The summed E-state index contributed by atoms with van der Waals surface area (Å²) in [5.74, 6) is 0.823. The molecule has 0 radical (unpaired) electrons. The van der Waals surface area contributed by atoms with Gasteiger partial charge in [0.25, 0.3) is 0 Å². The van der Waals surface area contributed by atoms with Crippen LogP contribution in [0.5, 0.6) is 0 Å². The first-order valence-electron chi connectivity index (χ1n) is 13.4. The first kappa shape index (κ1) is 24.8. The molecule has 3 rings (SSSR count). The molecule has 0 heterocycles. The molecule has 3 heteroatoms. The molecule has 0 aliphatic heterocycles. The average molecular weight is 523 g/mol. The fourth-order valence-electron chi connectivity index (χ4n) is 7.37. The Kier molecular flexibility index (Phi) is 8.98. The van der Waals surface area contributed by atoms with Crippen molar-refractivity contribution in [2.24, 2.45) is 11.3 Å². The zero-order valence-corrected chi connectivity index (χ0v) is 23.1. The summed E-state index contributed by atoms with van der Waals surface area (Å²) in [6.45, 7) is 7.03. The second kappa shape index (κ2) is 10.9. The van der Waals surface area contributed by atoms with Crippen LogP contribution in [-0.2, 0) is 4.79 Å². The molecule has 0 unspecified atom stereocenters. The van der Waals surface area contributed by atoms with Crippen molar-refractivity contribution in [2.75, 3.05) is 0 Å². The molecule has 1 N–H and O–H groups in total. The predicted molar refractivity (Wildman–Crippen MR) is 130 cm³/mol. The minimum absolute atomic E-state index is 0.0150. The van der Waals surface area contributed by atoms with E-state index in [9.17, 15) is 9.90 Å². The van der Waals surface area contributed by atoms with Crippen molar-refractivity contribution in [1.29, 1.82) is 0 Å². The average Bonchev–Trinajstić information content (AvgIpc) is 2.85. The summed E-state index contributed by atoms with van der Waals surface area (Å²) in [5, 5.41) is 12.0. The molecule has 3 aliphatic rings. The Labute approximate surface area is 190 Å². The van der Waals surface area contributed by atoms with E-state index in [1.54, 1.807) is 5.57 Å². The van der Waals surface area contributed by atoms with Crippen LogP contribution in [0.15, 0.2) is 9.67 Å². The van der Waals surface area contributed by atoms with Crippen molar-refractivity contribution in [3.05, 3.63) is 9.67 Å². The number of carbonyl (C=O) groups excluding carboxylic acids is 1. The summed E-state index contributed by atoms with van der Waals surface area (Å²) in [4.78, 5) is 12.6. The van der Waals surface area contributed by atoms with Crippen LogP contribution in [0.4, 0.5) is 0 Å². The molecule has 3 saturated carbocycles. The zero-order chi connectivity index (χ0) is 21.7. The van der Waals surface area contributed by atoms with Crippen LogP contribution in [0.25, 0.3) is 0 Å². The second-order valence-corrected chi connectivity index (χ2v) is 24.0. The monoisotopic (exact) mass is 524 g/mol. The van der Waals surface area contributed by atoms with Crippen LogP contribution in [-0.4, -0.2) is 34.9 Å². The molecule has 1 spiro atoms. The van der Waals surface area contributed by atoms with Gasteiger partial charge in [0.05, 0.1) is 0 Å². The Balaban J connectivity index is 2.01. The van der Waals surface area contributed by atoms with Crippen LogP contribution in [0.3, 0.4) is 0 Å². The van der Waals surface area contributed by atoms with Crippen molar-refractivity contribution in [2.45, 2.75) is 136 Å². The molecule has 3 atom stereocenters. The predicted octanol–water partition coefficient (Wildman–Crippen LogP) is 7.76. The first-order chi connectivity index (χ1) is 14.4. The topological polar surface area (TPSA) is 37.3 Å². The van der Waals surface area contributed by atoms with Gasteiger partial charge in [-0.25, -0.2) is 0 Å². The molecule has 30 heavy (non-hydrogen) atoms. The van der Waals surface area contributed by atoms with Crippen LogP contribution in [0, 0.1) is 11.3 Å². The van der Waals surface area contributed by atoms with Gasteiger partial charge in [-0.1, -0.05) is 0 Å². The Hall–Kier alpha value is 0.169. The molecule has 0 amide bonds. The summed E-state index contributed by atoms with van der Waals surface area (Å²) in [6, 6.07) is 0. The molecular weight excluding hydrogens is 475 g/mol. The third kappa shape index (κ3) is 5.05. The maximum absolute atomic E-state index is 12.6. The summed E-state index contributed by atoms with van der Waals surface area (Å²) in [7, 11) is 0. The summed E-state index contributed by atoms with van der Waals surface area (Å²) < 4.78 is 7.34. The number of Topliss-reactive ketones (excluding diaryl/α,β-unsaturated/α-hetero) is 1. The zero-order valence-electron chi connectivity index (χ0n) is 20.2. The van der Waals surface area contributed by atoms with Gasteiger partial charge in [-0.3, -0.25) is 0 Å². The Morgan fingerprint density at radius 1 is 0.933 bits per heavy atom. The van der Waals surface area contributed by atoms with Gasteiger partial charge in [0.15, 0.2) is 0 Å². The third-order valence-corrected chi connectivity index (χ3v) is 23.5. The number of aliphatic hydroxyl groups is 1. The molecule has 2 nitrogen and oxygen atoms in total. The quantitative estimate of drug-likeness (QED) is 0.297. The second-order valence-electron chi connectivity index (χ2n) is 11.1. The Morgan fingerprint density at radius 3 is 2.13 bits per heavy atom. The molecule has 3 aliphatic carbocycles. The van der Waals surface area contributed by atoms with Gasteiger partial charge in [0.2, 0.25) is 0 Å². The van der Waals surface area contributed by atoms with E-state index in [2.05, 4.69) is 24.9 Å². The summed E-state index contributed by atoms with van der Waals surface area (Å²) in [6.07, 6.45) is 17.1. The normalized spacial score (nSPS) is 33.4. The fraction of sp³-hybridized carbons (Fsp3) is 0.889. The number of hydrogen-bond donors (Lipinski definition) is 1. The number of rotatable bonds is 10. The first-order valence-corrected chi connectivity index (χ1v) is 21.1. The number of hydrogen-bond acceptors (Lipinski definition) is 2. The van der Waals surface area contributed by atoms with E-state index in [1.165, 1.54) is 71.1 Å². The van der Waals surface area contributed by atoms with Gasteiger partial charge >= 0.3 is 191 Å². The van der Waals surface area contributed by atoms with E-state index in [0.717, 1.165) is 32.1 Å². The van der Waals surface area contributed by atoms with Crippen molar-refractivity contribution in [3.8, 4) is 0 Å². The van der Waals surface area contributed by atoms with Crippen LogP contribution >= 0.6 is 0 Å². The van der Waals surface area contributed by atoms with Gasteiger partial charge < -0.3 is 0 Å². The molecule has 0 saturated heterocycles. The number of carbonyl (C=O) groups is 1. The van der Waals surface area contributed by atoms with E-state index in [-0.39, 0.29) is 5.41 Å². The van der Waals surface area contributed by atoms with Gasteiger partial charge in [0.1, 0.15) is 0 Å². The molecule has 0 aromatic heterocycles. The van der Waals surface area contributed by atoms with Crippen LogP contribution in [0.1, 0.15) is 117 Å². The van der Waals surface area contributed by atoms with Crippen molar-refractivity contribution in [3.63, 3.8) is 0 Å². The number of ketones is 1. The SMILES string of the molecule is CCC[CH2][Sn](/[CH]=C1\C[C@]2(O)CCCCC[C@@]23CCC(=O)C[C@@H]13)([CH2]CCC)[CH2]CCC. The van der Waals surface area contributed by atoms with Gasteiger partial charge in [-0.15, -0.1) is 0 Å². The number of unbranched alkanes of at least 4 members (excludes halogenated alkanes) is 3. The molecule has 3 fully saturated rings. The molecule has 0 aromatic carbocycles. The summed E-state index contributed by atoms with van der Waals surface area (Å²) >= 11 is -2.44. The van der Waals surface area contributed by atoms with E-state index in [1.807, 2.05) is 0 Å². The van der Waals surface area contributed by atoms with Crippen LogP contribution < -0.4 is 0 Å². The van der Waals surface area contributed by atoms with Crippen molar-refractivity contribution in [1.82, 2.24) is 0 Å². The summed E-state index contributed by atoms with van der Waals surface area (Å²) in [5.41, 5.74) is 1.06. The van der Waals surface area contributed by atoms with E-state index in [0.29, 0.717) is 18.1 Å². The van der Waals surface area contributed by atoms with Gasteiger partial charge in [-0.05, 0) is 0 Å². The Morgan fingerprint density at radius 2 is 1.53 bits per heavy atom. The van der Waals surface area contributed by atoms with Crippen molar-refractivity contribution >= 4 is 24.2 Å². The maximum atomic E-state index is 12.6. The molecular formula is C27H48O2Sn. The van der Waals surface area contributed by atoms with Gasteiger partial charge in [-0.2, -0.15) is 0 Å². The van der Waals surface area contributed by atoms with E-state index in [4.69, 9.17) is 0 Å². The third-order valence-electron chi connectivity index (χ3n) is 9.11. The fourth-order valence-corrected chi connectivity index (χ4v) is 22.9. The standard InChI is InChI=1S/C15H21O2.3C4H9.Sn/c1-11-10-15(17)7-4-2-3-6-14(15)8-5-12(16)9-13(11)14;3*1-3-4-2;/h1,13,17H,2-10H2;3*1,3-4H2,2H3;/t13-,14-,15+;;;;/m0..../s1. The van der Waals surface area contributed by atoms with Crippen molar-refractivity contribution < 1.29 is 9.90 Å². The van der Waals surface area contributed by atoms with E-state index >= 15 is 0 Å². The van der Waals surface area contributed by atoms with E-state index < -0.39 is 24.0 Å². The Bertz CT molecular complexity index is 590. The minimum atomic E-state index is -2.44. The van der Waals surface area contributed by atoms with Gasteiger partial charge in [0, 0.05) is 0 Å². The molecule has 0 bridgehead atoms. The molecule has 172 valence electrons. The molecule has 0 aromatic rings.